The van der Waals surface area contributed by atoms with Gasteiger partial charge in [-0.3, -0.25) is 0 Å². The van der Waals surface area contributed by atoms with Crippen LogP contribution in [0.15, 0.2) is 23.7 Å². The first-order valence-electron chi connectivity index (χ1n) is 4.11. The molecule has 1 aliphatic rings. The summed E-state index contributed by atoms with van der Waals surface area (Å²) in [5.74, 6) is 1.45. The molecule has 0 aromatic heterocycles. The molecule has 0 aliphatic heterocycles. The van der Waals surface area contributed by atoms with Gasteiger partial charge in [-0.2, -0.15) is 0 Å². The number of allylic oxidation sites excluding steroid dienone is 3. The molecule has 0 bridgehead atoms. The van der Waals surface area contributed by atoms with E-state index in [1.807, 2.05) is 13.0 Å². The van der Waals surface area contributed by atoms with E-state index in [-0.39, 0.29) is 0 Å². The lowest BCUT2D eigenvalue weighted by Crippen LogP contribution is -2.20. The molecule has 0 fully saturated rings. The minimum atomic E-state index is -0.495. The van der Waals surface area contributed by atoms with E-state index in [2.05, 4.69) is 0 Å². The van der Waals surface area contributed by atoms with Crippen LogP contribution in [0.3, 0.4) is 0 Å². The molecule has 3 nitrogen and oxygen atoms in total. The molecule has 1 unspecified atom stereocenters. The van der Waals surface area contributed by atoms with E-state index in [0.717, 1.165) is 12.0 Å². The minimum absolute atomic E-state index is 0.495. The van der Waals surface area contributed by atoms with Gasteiger partial charge in [0.05, 0.1) is 19.6 Å². The smallest absolute Gasteiger partial charge is 0.130 e. The van der Waals surface area contributed by atoms with E-state index >= 15 is 0 Å². The highest BCUT2D eigenvalue weighted by molar-refractivity contribution is 5.64. The molecule has 0 saturated carbocycles. The second kappa shape index (κ2) is 3.64. The number of aldehydes is 1. The molecule has 1 aliphatic carbocycles. The summed E-state index contributed by atoms with van der Waals surface area (Å²) in [4.78, 5) is 10.8. The molecule has 0 aromatic carbocycles. The van der Waals surface area contributed by atoms with Gasteiger partial charge in [-0.25, -0.2) is 0 Å². The molecule has 0 spiro atoms. The monoisotopic (exact) mass is 182 g/mol. The summed E-state index contributed by atoms with van der Waals surface area (Å²) < 4.78 is 10.2. The van der Waals surface area contributed by atoms with Gasteiger partial charge < -0.3 is 14.3 Å². The molecule has 0 saturated heterocycles. The molecule has 1 rings (SSSR count). The Morgan fingerprint density at radius 1 is 1.46 bits per heavy atom. The molecule has 0 N–H and O–H groups in total. The number of carbonyl (C=O) groups is 1. The Morgan fingerprint density at radius 3 is 2.62 bits per heavy atom. The van der Waals surface area contributed by atoms with Gasteiger partial charge in [-0.1, -0.05) is 0 Å². The van der Waals surface area contributed by atoms with Crippen LogP contribution >= 0.6 is 0 Å². The first-order valence-corrected chi connectivity index (χ1v) is 4.11. The SMILES string of the molecule is COC1=CC(C)(C=O)CC(OC)=C1. The van der Waals surface area contributed by atoms with E-state index in [1.165, 1.54) is 0 Å². The first kappa shape index (κ1) is 9.84. The summed E-state index contributed by atoms with van der Waals surface area (Å²) in [6, 6.07) is 0. The fourth-order valence-electron chi connectivity index (χ4n) is 1.33. The van der Waals surface area contributed by atoms with E-state index in [1.54, 1.807) is 20.3 Å². The summed E-state index contributed by atoms with van der Waals surface area (Å²) >= 11 is 0. The lowest BCUT2D eigenvalue weighted by molar-refractivity contribution is -0.113. The Kier molecular flexibility index (Phi) is 2.76. The zero-order chi connectivity index (χ0) is 9.90. The fourth-order valence-corrected chi connectivity index (χ4v) is 1.33. The maximum Gasteiger partial charge on any atom is 0.130 e. The zero-order valence-electron chi connectivity index (χ0n) is 8.16. The normalized spacial score (nSPS) is 27.3. The summed E-state index contributed by atoms with van der Waals surface area (Å²) in [7, 11) is 3.17. The highest BCUT2D eigenvalue weighted by Crippen LogP contribution is 2.32. The summed E-state index contributed by atoms with van der Waals surface area (Å²) in [5.41, 5.74) is -0.495. The lowest BCUT2D eigenvalue weighted by atomic mass is 9.84. The highest BCUT2D eigenvalue weighted by Gasteiger charge is 2.27. The molecular weight excluding hydrogens is 168 g/mol. The van der Waals surface area contributed by atoms with E-state index < -0.39 is 5.41 Å². The quantitative estimate of drug-likeness (QED) is 0.622. The molecule has 13 heavy (non-hydrogen) atoms. The number of methoxy groups -OCH3 is 2. The van der Waals surface area contributed by atoms with Crippen LogP contribution in [-0.4, -0.2) is 20.5 Å². The van der Waals surface area contributed by atoms with Gasteiger partial charge in [0.2, 0.25) is 0 Å². The third-order valence-electron chi connectivity index (χ3n) is 2.10. The largest absolute Gasteiger partial charge is 0.501 e. The van der Waals surface area contributed by atoms with Gasteiger partial charge >= 0.3 is 0 Å². The van der Waals surface area contributed by atoms with Crippen molar-refractivity contribution in [1.29, 1.82) is 0 Å². The van der Waals surface area contributed by atoms with Crippen molar-refractivity contribution in [3.8, 4) is 0 Å². The predicted molar refractivity (Wildman–Crippen MR) is 49.0 cm³/mol. The second-order valence-corrected chi connectivity index (χ2v) is 3.37. The van der Waals surface area contributed by atoms with Gasteiger partial charge in [-0.15, -0.1) is 0 Å². The Bertz CT molecular complexity index is 265. The predicted octanol–water partition coefficient (Wildman–Crippen LogP) is 1.66. The molecule has 0 radical (unpaired) electrons. The van der Waals surface area contributed by atoms with Crippen molar-refractivity contribution in [3.05, 3.63) is 23.7 Å². The second-order valence-electron chi connectivity index (χ2n) is 3.37. The van der Waals surface area contributed by atoms with Gasteiger partial charge in [0.15, 0.2) is 0 Å². The van der Waals surface area contributed by atoms with Gasteiger partial charge in [-0.05, 0) is 13.0 Å². The summed E-state index contributed by atoms with van der Waals surface area (Å²) in [5, 5.41) is 0. The fraction of sp³-hybridized carbons (Fsp3) is 0.500. The van der Waals surface area contributed by atoms with Crippen LogP contribution in [0.4, 0.5) is 0 Å². The molecule has 3 heteroatoms. The van der Waals surface area contributed by atoms with E-state index in [9.17, 15) is 4.79 Å². The average molecular weight is 182 g/mol. The van der Waals surface area contributed by atoms with Crippen LogP contribution in [-0.2, 0) is 14.3 Å². The van der Waals surface area contributed by atoms with Crippen LogP contribution < -0.4 is 0 Å². The number of rotatable bonds is 3. The third kappa shape index (κ3) is 2.11. The number of hydrogen-bond donors (Lipinski definition) is 0. The van der Waals surface area contributed by atoms with Crippen molar-refractivity contribution < 1.29 is 14.3 Å². The van der Waals surface area contributed by atoms with Crippen molar-refractivity contribution in [2.75, 3.05) is 14.2 Å². The van der Waals surface area contributed by atoms with Crippen molar-refractivity contribution >= 4 is 6.29 Å². The van der Waals surface area contributed by atoms with Crippen molar-refractivity contribution in [3.63, 3.8) is 0 Å². The first-order chi connectivity index (χ1) is 6.13. The third-order valence-corrected chi connectivity index (χ3v) is 2.10. The topological polar surface area (TPSA) is 35.5 Å². The molecular formula is C10H14O3. The van der Waals surface area contributed by atoms with Crippen LogP contribution in [0.5, 0.6) is 0 Å². The standard InChI is InChI=1S/C10H14O3/c1-10(7-11)5-8(12-2)4-9(6-10)13-3/h4-5,7H,6H2,1-3H3. The van der Waals surface area contributed by atoms with E-state index in [4.69, 9.17) is 9.47 Å². The van der Waals surface area contributed by atoms with Gasteiger partial charge in [0, 0.05) is 12.5 Å². The Morgan fingerprint density at radius 2 is 2.15 bits per heavy atom. The molecule has 0 heterocycles. The minimum Gasteiger partial charge on any atom is -0.501 e. The van der Waals surface area contributed by atoms with Crippen LogP contribution in [0, 0.1) is 5.41 Å². The summed E-state index contributed by atoms with van der Waals surface area (Å²) in [6.07, 6.45) is 5.12. The number of carbonyl (C=O) groups excluding carboxylic acids is 1. The maximum atomic E-state index is 10.8. The van der Waals surface area contributed by atoms with Crippen molar-refractivity contribution in [2.24, 2.45) is 5.41 Å². The zero-order valence-corrected chi connectivity index (χ0v) is 8.16. The van der Waals surface area contributed by atoms with Gasteiger partial charge in [0.1, 0.15) is 17.8 Å². The number of ether oxygens (including phenoxy) is 2. The van der Waals surface area contributed by atoms with Crippen LogP contribution in [0.1, 0.15) is 13.3 Å². The Balaban J connectivity index is 2.94. The van der Waals surface area contributed by atoms with Crippen LogP contribution in [0.2, 0.25) is 0 Å². The van der Waals surface area contributed by atoms with Crippen molar-refractivity contribution in [1.82, 2.24) is 0 Å². The maximum absolute atomic E-state index is 10.8. The summed E-state index contributed by atoms with van der Waals surface area (Å²) in [6.45, 7) is 1.85. The number of hydrogen-bond acceptors (Lipinski definition) is 3. The molecule has 0 amide bonds. The van der Waals surface area contributed by atoms with Crippen molar-refractivity contribution in [2.45, 2.75) is 13.3 Å². The lowest BCUT2D eigenvalue weighted by Gasteiger charge is -2.24. The molecule has 0 aromatic rings. The Hall–Kier alpha value is -1.25. The molecule has 1 atom stereocenters. The Labute approximate surface area is 78.0 Å². The van der Waals surface area contributed by atoms with Gasteiger partial charge in [0.25, 0.3) is 0 Å². The molecule has 72 valence electrons. The average Bonchev–Trinajstić information content (AvgIpc) is 2.17. The highest BCUT2D eigenvalue weighted by atomic mass is 16.5. The van der Waals surface area contributed by atoms with E-state index in [0.29, 0.717) is 12.2 Å². The van der Waals surface area contributed by atoms with Crippen LogP contribution in [0.25, 0.3) is 0 Å².